The molecular formula is C9H7BrCl2N2O3. The molecule has 3 N–H and O–H groups in total. The standard InChI is InChI=1S/C9H7BrCl2N2O3/c10-4-1-2-5(8(12)7(4)11)14-9(17)13-3-6(15)16/h1-2H,3H2,(H,15,16)(H2,13,14,17). The van der Waals surface area contributed by atoms with Crippen LogP contribution in [0.3, 0.4) is 0 Å². The summed E-state index contributed by atoms with van der Waals surface area (Å²) >= 11 is 14.9. The largest absolute Gasteiger partial charge is 0.480 e. The molecule has 0 aliphatic carbocycles. The lowest BCUT2D eigenvalue weighted by molar-refractivity contribution is -0.135. The Balaban J connectivity index is 2.72. The van der Waals surface area contributed by atoms with Crippen molar-refractivity contribution in [2.45, 2.75) is 0 Å². The van der Waals surface area contributed by atoms with Crippen LogP contribution in [0.4, 0.5) is 10.5 Å². The number of anilines is 1. The van der Waals surface area contributed by atoms with E-state index in [9.17, 15) is 9.59 Å². The first-order valence-corrected chi connectivity index (χ1v) is 5.87. The number of benzene rings is 1. The summed E-state index contributed by atoms with van der Waals surface area (Å²) in [4.78, 5) is 21.5. The van der Waals surface area contributed by atoms with Crippen LogP contribution in [0.15, 0.2) is 16.6 Å². The van der Waals surface area contributed by atoms with E-state index in [1.54, 1.807) is 12.1 Å². The molecule has 0 bridgehead atoms. The molecule has 2 amide bonds. The van der Waals surface area contributed by atoms with Gasteiger partial charge in [-0.25, -0.2) is 4.79 Å². The molecule has 17 heavy (non-hydrogen) atoms. The maximum atomic E-state index is 11.3. The highest BCUT2D eigenvalue weighted by molar-refractivity contribution is 9.10. The second-order valence-electron chi connectivity index (χ2n) is 2.92. The van der Waals surface area contributed by atoms with E-state index in [0.717, 1.165) is 0 Å². The van der Waals surface area contributed by atoms with E-state index >= 15 is 0 Å². The molecule has 0 spiro atoms. The summed E-state index contributed by atoms with van der Waals surface area (Å²) in [5.74, 6) is -1.14. The average molecular weight is 342 g/mol. The van der Waals surface area contributed by atoms with Gasteiger partial charge in [0.25, 0.3) is 0 Å². The van der Waals surface area contributed by atoms with Crippen LogP contribution in [0.1, 0.15) is 0 Å². The van der Waals surface area contributed by atoms with E-state index in [-0.39, 0.29) is 10.0 Å². The van der Waals surface area contributed by atoms with E-state index in [1.165, 1.54) is 0 Å². The van der Waals surface area contributed by atoms with Gasteiger partial charge in [-0.2, -0.15) is 0 Å². The number of aliphatic carboxylic acids is 1. The minimum absolute atomic E-state index is 0.173. The van der Waals surface area contributed by atoms with E-state index in [0.29, 0.717) is 10.2 Å². The van der Waals surface area contributed by atoms with Crippen molar-refractivity contribution in [1.29, 1.82) is 0 Å². The molecule has 0 unspecified atom stereocenters. The molecule has 1 aromatic carbocycles. The molecule has 5 nitrogen and oxygen atoms in total. The number of hydrogen-bond donors (Lipinski definition) is 3. The van der Waals surface area contributed by atoms with Gasteiger partial charge in [-0.05, 0) is 28.1 Å². The van der Waals surface area contributed by atoms with Crippen LogP contribution in [0.25, 0.3) is 0 Å². The Hall–Kier alpha value is -0.980. The molecule has 0 saturated carbocycles. The molecule has 0 atom stereocenters. The monoisotopic (exact) mass is 340 g/mol. The zero-order valence-electron chi connectivity index (χ0n) is 8.26. The Morgan fingerprint density at radius 3 is 2.53 bits per heavy atom. The fraction of sp³-hybridized carbons (Fsp3) is 0.111. The molecule has 0 aliphatic heterocycles. The normalized spacial score (nSPS) is 9.82. The molecule has 0 fully saturated rings. The molecule has 0 radical (unpaired) electrons. The number of urea groups is 1. The molecule has 0 heterocycles. The summed E-state index contributed by atoms with van der Waals surface area (Å²) in [6.07, 6.45) is 0. The first-order chi connectivity index (χ1) is 7.91. The van der Waals surface area contributed by atoms with Gasteiger partial charge in [0.2, 0.25) is 0 Å². The summed E-state index contributed by atoms with van der Waals surface area (Å²) in [6.45, 7) is -0.478. The topological polar surface area (TPSA) is 78.4 Å². The highest BCUT2D eigenvalue weighted by atomic mass is 79.9. The van der Waals surface area contributed by atoms with Crippen molar-refractivity contribution < 1.29 is 14.7 Å². The number of hydrogen-bond acceptors (Lipinski definition) is 2. The molecule has 0 saturated heterocycles. The zero-order valence-corrected chi connectivity index (χ0v) is 11.4. The van der Waals surface area contributed by atoms with Crippen molar-refractivity contribution in [2.75, 3.05) is 11.9 Å². The van der Waals surface area contributed by atoms with Crippen molar-refractivity contribution in [1.82, 2.24) is 5.32 Å². The van der Waals surface area contributed by atoms with Gasteiger partial charge in [0.1, 0.15) is 6.54 Å². The van der Waals surface area contributed by atoms with E-state index in [2.05, 4.69) is 26.6 Å². The molecule has 1 rings (SSSR count). The second kappa shape index (κ2) is 6.09. The fourth-order valence-corrected chi connectivity index (χ4v) is 1.77. The highest BCUT2D eigenvalue weighted by Crippen LogP contribution is 2.35. The number of carbonyl (C=O) groups excluding carboxylic acids is 1. The van der Waals surface area contributed by atoms with Gasteiger partial charge in [-0.3, -0.25) is 4.79 Å². The lowest BCUT2D eigenvalue weighted by Crippen LogP contribution is -2.33. The second-order valence-corrected chi connectivity index (χ2v) is 4.53. The minimum atomic E-state index is -1.14. The van der Waals surface area contributed by atoms with E-state index < -0.39 is 18.5 Å². The minimum Gasteiger partial charge on any atom is -0.480 e. The zero-order chi connectivity index (χ0) is 13.0. The predicted octanol–water partition coefficient (Wildman–Crippen LogP) is 2.96. The third-order valence-electron chi connectivity index (χ3n) is 1.68. The van der Waals surface area contributed by atoms with Crippen LogP contribution < -0.4 is 10.6 Å². The third-order valence-corrected chi connectivity index (χ3v) is 3.45. The van der Waals surface area contributed by atoms with Crippen LogP contribution in [0, 0.1) is 0 Å². The van der Waals surface area contributed by atoms with Crippen molar-refractivity contribution in [3.05, 3.63) is 26.7 Å². The van der Waals surface area contributed by atoms with Crippen molar-refractivity contribution in [3.8, 4) is 0 Å². The van der Waals surface area contributed by atoms with Crippen LogP contribution in [-0.2, 0) is 4.79 Å². The molecule has 0 aromatic heterocycles. The number of carboxylic acids is 1. The first-order valence-electron chi connectivity index (χ1n) is 4.32. The van der Waals surface area contributed by atoms with E-state index in [1.807, 2.05) is 0 Å². The van der Waals surface area contributed by atoms with Crippen LogP contribution in [0.2, 0.25) is 10.0 Å². The van der Waals surface area contributed by atoms with Crippen molar-refractivity contribution in [3.63, 3.8) is 0 Å². The molecular weight excluding hydrogens is 335 g/mol. The summed E-state index contributed by atoms with van der Waals surface area (Å²) in [7, 11) is 0. The lowest BCUT2D eigenvalue weighted by Gasteiger charge is -2.09. The molecule has 92 valence electrons. The van der Waals surface area contributed by atoms with Gasteiger partial charge in [0.15, 0.2) is 0 Å². The van der Waals surface area contributed by atoms with Crippen molar-refractivity contribution in [2.24, 2.45) is 0 Å². The molecule has 0 aliphatic rings. The van der Waals surface area contributed by atoms with Crippen LogP contribution in [-0.4, -0.2) is 23.7 Å². The Labute approximate surface area is 115 Å². The maximum absolute atomic E-state index is 11.3. The number of halogens is 3. The van der Waals surface area contributed by atoms with E-state index in [4.69, 9.17) is 28.3 Å². The Kier molecular flexibility index (Phi) is 5.04. The molecule has 8 heteroatoms. The van der Waals surface area contributed by atoms with Crippen molar-refractivity contribution >= 4 is 56.8 Å². The summed E-state index contributed by atoms with van der Waals surface area (Å²) in [5, 5.41) is 13.3. The number of amides is 2. The number of carboxylic acid groups (broad SMARTS) is 1. The van der Waals surface area contributed by atoms with Crippen LogP contribution in [0.5, 0.6) is 0 Å². The third kappa shape index (κ3) is 4.07. The number of carbonyl (C=O) groups is 2. The summed E-state index contributed by atoms with van der Waals surface area (Å²) < 4.78 is 0.598. The number of nitrogens with one attached hydrogen (secondary N) is 2. The predicted molar refractivity (Wildman–Crippen MR) is 68.8 cm³/mol. The Morgan fingerprint density at radius 1 is 1.29 bits per heavy atom. The quantitative estimate of drug-likeness (QED) is 0.739. The average Bonchev–Trinajstić information content (AvgIpc) is 2.27. The lowest BCUT2D eigenvalue weighted by atomic mass is 10.3. The highest BCUT2D eigenvalue weighted by Gasteiger charge is 2.11. The van der Waals surface area contributed by atoms with Gasteiger partial charge in [-0.1, -0.05) is 23.2 Å². The maximum Gasteiger partial charge on any atom is 0.323 e. The Bertz CT molecular complexity index is 468. The van der Waals surface area contributed by atoms with Gasteiger partial charge in [0.05, 0.1) is 15.7 Å². The first kappa shape index (κ1) is 14.1. The fourth-order valence-electron chi connectivity index (χ4n) is 0.945. The Morgan fingerprint density at radius 2 is 1.94 bits per heavy atom. The number of rotatable bonds is 3. The molecule has 1 aromatic rings. The smallest absolute Gasteiger partial charge is 0.323 e. The van der Waals surface area contributed by atoms with Gasteiger partial charge in [-0.15, -0.1) is 0 Å². The van der Waals surface area contributed by atoms with Gasteiger partial charge >= 0.3 is 12.0 Å². The SMILES string of the molecule is O=C(O)CNC(=O)Nc1ccc(Br)c(Cl)c1Cl. The summed E-state index contributed by atoms with van der Waals surface area (Å²) in [5.41, 5.74) is 0.294. The van der Waals surface area contributed by atoms with Gasteiger partial charge < -0.3 is 15.7 Å². The van der Waals surface area contributed by atoms with Gasteiger partial charge in [0, 0.05) is 4.47 Å². The summed E-state index contributed by atoms with van der Waals surface area (Å²) in [6, 6.07) is 2.48. The van der Waals surface area contributed by atoms with Crippen LogP contribution >= 0.6 is 39.1 Å².